The van der Waals surface area contributed by atoms with Crippen molar-refractivity contribution in [2.24, 2.45) is 4.99 Å². The van der Waals surface area contributed by atoms with E-state index in [4.69, 9.17) is 19.2 Å². The molecule has 160 valence electrons. The molecule has 0 unspecified atom stereocenters. The Kier molecular flexibility index (Phi) is 5.57. The van der Waals surface area contributed by atoms with Gasteiger partial charge in [0, 0.05) is 25.8 Å². The van der Waals surface area contributed by atoms with Crippen LogP contribution in [0, 0.1) is 0 Å². The SMILES string of the molecule is CN1C(=O)/C(=C\c2ccc3c(c2)OCCO3)SC1=Nc1ccc(N2CCOCC2)cc1. The van der Waals surface area contributed by atoms with Gasteiger partial charge in [0.15, 0.2) is 16.7 Å². The van der Waals surface area contributed by atoms with Crippen LogP contribution in [0.4, 0.5) is 11.4 Å². The minimum atomic E-state index is -0.0661. The number of benzene rings is 2. The summed E-state index contributed by atoms with van der Waals surface area (Å²) >= 11 is 1.37. The molecule has 0 aromatic heterocycles. The predicted octanol–water partition coefficient (Wildman–Crippen LogP) is 3.53. The topological polar surface area (TPSA) is 63.6 Å². The van der Waals surface area contributed by atoms with Crippen LogP contribution in [0.15, 0.2) is 52.4 Å². The Labute approximate surface area is 185 Å². The quantitative estimate of drug-likeness (QED) is 0.685. The van der Waals surface area contributed by atoms with Gasteiger partial charge in [0.1, 0.15) is 13.2 Å². The normalized spacial score (nSPS) is 21.3. The first kappa shape index (κ1) is 20.0. The molecule has 0 atom stereocenters. The van der Waals surface area contributed by atoms with E-state index in [1.165, 1.54) is 11.8 Å². The molecule has 0 spiro atoms. The summed E-state index contributed by atoms with van der Waals surface area (Å²) in [6.07, 6.45) is 1.87. The summed E-state index contributed by atoms with van der Waals surface area (Å²) < 4.78 is 16.6. The fourth-order valence-corrected chi connectivity index (χ4v) is 4.61. The Morgan fingerprint density at radius 3 is 2.48 bits per heavy atom. The molecule has 2 saturated heterocycles. The molecule has 0 aliphatic carbocycles. The van der Waals surface area contributed by atoms with E-state index in [9.17, 15) is 4.79 Å². The van der Waals surface area contributed by atoms with E-state index in [0.29, 0.717) is 29.0 Å². The van der Waals surface area contributed by atoms with Gasteiger partial charge in [-0.25, -0.2) is 4.99 Å². The van der Waals surface area contributed by atoms with Crippen LogP contribution in [0.3, 0.4) is 0 Å². The maximum absolute atomic E-state index is 12.7. The van der Waals surface area contributed by atoms with Crippen molar-refractivity contribution in [2.75, 3.05) is 51.5 Å². The average Bonchev–Trinajstić information content (AvgIpc) is 3.08. The first-order valence-corrected chi connectivity index (χ1v) is 11.1. The maximum Gasteiger partial charge on any atom is 0.266 e. The van der Waals surface area contributed by atoms with Gasteiger partial charge in [0.05, 0.1) is 23.8 Å². The monoisotopic (exact) mass is 437 g/mol. The largest absolute Gasteiger partial charge is 0.486 e. The van der Waals surface area contributed by atoms with Gasteiger partial charge in [-0.1, -0.05) is 6.07 Å². The molecule has 8 heteroatoms. The molecule has 0 saturated carbocycles. The molecular formula is C23H23N3O4S. The minimum absolute atomic E-state index is 0.0661. The molecule has 7 nitrogen and oxygen atoms in total. The lowest BCUT2D eigenvalue weighted by atomic mass is 10.1. The Morgan fingerprint density at radius 2 is 1.71 bits per heavy atom. The Balaban J connectivity index is 1.33. The number of fused-ring (bicyclic) bond motifs is 1. The molecule has 2 fully saturated rings. The van der Waals surface area contributed by atoms with Gasteiger partial charge in [0.2, 0.25) is 0 Å². The van der Waals surface area contributed by atoms with Gasteiger partial charge >= 0.3 is 0 Å². The van der Waals surface area contributed by atoms with E-state index in [1.54, 1.807) is 11.9 Å². The zero-order valence-electron chi connectivity index (χ0n) is 17.2. The number of ether oxygens (including phenoxy) is 3. The highest BCUT2D eigenvalue weighted by Crippen LogP contribution is 2.36. The average molecular weight is 438 g/mol. The van der Waals surface area contributed by atoms with Crippen molar-refractivity contribution >= 4 is 40.3 Å². The maximum atomic E-state index is 12.7. The highest BCUT2D eigenvalue weighted by atomic mass is 32.2. The van der Waals surface area contributed by atoms with Crippen molar-refractivity contribution in [3.63, 3.8) is 0 Å². The van der Waals surface area contributed by atoms with Crippen LogP contribution in [0.5, 0.6) is 11.5 Å². The number of thioether (sulfide) groups is 1. The van der Waals surface area contributed by atoms with E-state index in [0.717, 1.165) is 49.0 Å². The third kappa shape index (κ3) is 4.26. The summed E-state index contributed by atoms with van der Waals surface area (Å²) in [4.78, 5) is 22.0. The zero-order chi connectivity index (χ0) is 21.2. The molecule has 1 amide bonds. The van der Waals surface area contributed by atoms with Crippen LogP contribution in [0.25, 0.3) is 6.08 Å². The Morgan fingerprint density at radius 1 is 0.968 bits per heavy atom. The number of nitrogens with zero attached hydrogens (tertiary/aromatic N) is 3. The number of likely N-dealkylation sites (N-methyl/N-ethyl adjacent to an activating group) is 1. The van der Waals surface area contributed by atoms with Crippen molar-refractivity contribution in [1.29, 1.82) is 0 Å². The molecule has 2 aromatic carbocycles. The first-order valence-electron chi connectivity index (χ1n) is 10.3. The molecule has 3 aliphatic rings. The lowest BCUT2D eigenvalue weighted by Crippen LogP contribution is -2.36. The van der Waals surface area contributed by atoms with Crippen molar-refractivity contribution in [3.8, 4) is 11.5 Å². The fourth-order valence-electron chi connectivity index (χ4n) is 3.62. The number of rotatable bonds is 3. The molecule has 0 bridgehead atoms. The van der Waals surface area contributed by atoms with Crippen LogP contribution in [-0.2, 0) is 9.53 Å². The van der Waals surface area contributed by atoms with Gasteiger partial charge in [-0.05, 0) is 59.8 Å². The zero-order valence-corrected chi connectivity index (χ0v) is 18.1. The first-order chi connectivity index (χ1) is 15.2. The van der Waals surface area contributed by atoms with E-state index < -0.39 is 0 Å². The summed E-state index contributed by atoms with van der Waals surface area (Å²) in [6, 6.07) is 13.8. The summed E-state index contributed by atoms with van der Waals surface area (Å²) in [5, 5.41) is 0.660. The molecule has 3 heterocycles. The van der Waals surface area contributed by atoms with Crippen LogP contribution >= 0.6 is 11.8 Å². The molecule has 0 radical (unpaired) electrons. The number of hydrogen-bond acceptors (Lipinski definition) is 7. The van der Waals surface area contributed by atoms with Gasteiger partial charge in [-0.2, -0.15) is 0 Å². The Hall–Kier alpha value is -2.97. The predicted molar refractivity (Wildman–Crippen MR) is 122 cm³/mol. The fraction of sp³-hybridized carbons (Fsp3) is 0.304. The van der Waals surface area contributed by atoms with Crippen molar-refractivity contribution in [3.05, 3.63) is 52.9 Å². The number of carbonyl (C=O) groups is 1. The third-order valence-electron chi connectivity index (χ3n) is 5.32. The number of morpholine rings is 1. The minimum Gasteiger partial charge on any atom is -0.486 e. The van der Waals surface area contributed by atoms with E-state index >= 15 is 0 Å². The summed E-state index contributed by atoms with van der Waals surface area (Å²) in [5.41, 5.74) is 2.87. The van der Waals surface area contributed by atoms with Crippen molar-refractivity contribution in [2.45, 2.75) is 0 Å². The van der Waals surface area contributed by atoms with Gasteiger partial charge in [-0.15, -0.1) is 0 Å². The van der Waals surface area contributed by atoms with Crippen LogP contribution in [0.1, 0.15) is 5.56 Å². The second-order valence-corrected chi connectivity index (χ2v) is 8.40. The Bertz CT molecular complexity index is 1050. The molecule has 31 heavy (non-hydrogen) atoms. The lowest BCUT2D eigenvalue weighted by Gasteiger charge is -2.28. The van der Waals surface area contributed by atoms with Crippen LogP contribution in [-0.4, -0.2) is 62.5 Å². The molecule has 5 rings (SSSR count). The number of carbonyl (C=O) groups excluding carboxylic acids is 1. The van der Waals surface area contributed by atoms with E-state index in [2.05, 4.69) is 17.0 Å². The number of amides is 1. The second kappa shape index (κ2) is 8.64. The van der Waals surface area contributed by atoms with Crippen molar-refractivity contribution in [1.82, 2.24) is 4.90 Å². The molecule has 3 aliphatic heterocycles. The lowest BCUT2D eigenvalue weighted by molar-refractivity contribution is -0.121. The number of amidine groups is 1. The second-order valence-electron chi connectivity index (χ2n) is 7.39. The molecule has 0 N–H and O–H groups in total. The number of hydrogen-bond donors (Lipinski definition) is 0. The van der Waals surface area contributed by atoms with Gasteiger partial charge in [-0.3, -0.25) is 9.69 Å². The van der Waals surface area contributed by atoms with Crippen molar-refractivity contribution < 1.29 is 19.0 Å². The van der Waals surface area contributed by atoms with Crippen LogP contribution < -0.4 is 14.4 Å². The highest BCUT2D eigenvalue weighted by Gasteiger charge is 2.30. The highest BCUT2D eigenvalue weighted by molar-refractivity contribution is 8.18. The van der Waals surface area contributed by atoms with Gasteiger partial charge in [0.25, 0.3) is 5.91 Å². The number of anilines is 1. The third-order valence-corrected chi connectivity index (χ3v) is 6.38. The standard InChI is InChI=1S/C23H23N3O4S/c1-25-22(27)21(15-16-2-7-19-20(14-16)30-13-12-29-19)31-23(25)24-17-3-5-18(6-4-17)26-8-10-28-11-9-26/h2-7,14-15H,8-13H2,1H3/b21-15+,24-23?. The van der Waals surface area contributed by atoms with Gasteiger partial charge < -0.3 is 19.1 Å². The molecule has 2 aromatic rings. The summed E-state index contributed by atoms with van der Waals surface area (Å²) in [5.74, 6) is 1.38. The number of aliphatic imine (C=N–C) groups is 1. The van der Waals surface area contributed by atoms with Crippen LogP contribution in [0.2, 0.25) is 0 Å². The summed E-state index contributed by atoms with van der Waals surface area (Å²) in [7, 11) is 1.75. The van der Waals surface area contributed by atoms with E-state index in [1.807, 2.05) is 36.4 Å². The summed E-state index contributed by atoms with van der Waals surface area (Å²) in [6.45, 7) is 4.40. The smallest absolute Gasteiger partial charge is 0.266 e. The molecular weight excluding hydrogens is 414 g/mol. The van der Waals surface area contributed by atoms with E-state index in [-0.39, 0.29) is 5.91 Å².